The number of benzene rings is 1. The van der Waals surface area contributed by atoms with Gasteiger partial charge in [0.05, 0.1) is 11.0 Å². The Morgan fingerprint density at radius 2 is 1.94 bits per heavy atom. The fraction of sp³-hybridized carbons (Fsp3) is 0.308. The fourth-order valence-corrected chi connectivity index (χ4v) is 2.81. The number of aryl methyl sites for hydroxylation is 1. The van der Waals surface area contributed by atoms with Crippen LogP contribution >= 0.6 is 11.5 Å². The van der Waals surface area contributed by atoms with Gasteiger partial charge in [0.25, 0.3) is 0 Å². The minimum atomic E-state index is 0.352. The van der Waals surface area contributed by atoms with Crippen LogP contribution in [0, 0.1) is 6.92 Å². The Kier molecular flexibility index (Phi) is 2.63. The van der Waals surface area contributed by atoms with E-state index in [4.69, 9.17) is 0 Å². The van der Waals surface area contributed by atoms with Crippen LogP contribution in [0.1, 0.15) is 31.4 Å². The number of hydrogen-bond donors (Lipinski definition) is 0. The van der Waals surface area contributed by atoms with Crippen molar-refractivity contribution in [2.75, 3.05) is 0 Å². The van der Waals surface area contributed by atoms with Crippen LogP contribution in [0.5, 0.6) is 0 Å². The van der Waals surface area contributed by atoms with Crippen LogP contribution in [0.3, 0.4) is 0 Å². The highest BCUT2D eigenvalue weighted by molar-refractivity contribution is 7.08. The first-order chi connectivity index (χ1) is 8.66. The average molecular weight is 258 g/mol. The van der Waals surface area contributed by atoms with Crippen LogP contribution in [0.4, 0.5) is 0 Å². The first-order valence-electron chi connectivity index (χ1n) is 5.95. The zero-order valence-electron chi connectivity index (χ0n) is 10.6. The van der Waals surface area contributed by atoms with Gasteiger partial charge >= 0.3 is 0 Å². The van der Waals surface area contributed by atoms with Gasteiger partial charge in [0.1, 0.15) is 11.6 Å². The van der Waals surface area contributed by atoms with Crippen LogP contribution < -0.4 is 0 Å². The quantitative estimate of drug-likeness (QED) is 0.708. The Morgan fingerprint density at radius 1 is 1.17 bits per heavy atom. The van der Waals surface area contributed by atoms with Crippen molar-refractivity contribution in [3.8, 4) is 5.13 Å². The monoisotopic (exact) mass is 258 g/mol. The molecule has 0 atom stereocenters. The summed E-state index contributed by atoms with van der Waals surface area (Å²) in [6, 6.07) is 8.10. The Labute approximate surface area is 109 Å². The van der Waals surface area contributed by atoms with E-state index in [1.54, 1.807) is 0 Å². The van der Waals surface area contributed by atoms with E-state index in [0.717, 1.165) is 27.8 Å². The van der Waals surface area contributed by atoms with Crippen LogP contribution in [-0.4, -0.2) is 18.9 Å². The molecular formula is C13H14N4S. The maximum Gasteiger partial charge on any atom is 0.215 e. The van der Waals surface area contributed by atoms with Gasteiger partial charge in [-0.2, -0.15) is 4.37 Å². The van der Waals surface area contributed by atoms with Crippen LogP contribution in [0.25, 0.3) is 16.2 Å². The van der Waals surface area contributed by atoms with Crippen molar-refractivity contribution in [2.45, 2.75) is 26.7 Å². The first kappa shape index (κ1) is 11.3. The van der Waals surface area contributed by atoms with E-state index in [1.807, 2.05) is 25.1 Å². The maximum absolute atomic E-state index is 4.59. The summed E-state index contributed by atoms with van der Waals surface area (Å²) in [6.45, 7) is 6.20. The van der Waals surface area contributed by atoms with Crippen molar-refractivity contribution in [3.63, 3.8) is 0 Å². The Balaban J connectivity index is 2.21. The predicted molar refractivity (Wildman–Crippen MR) is 73.4 cm³/mol. The molecule has 18 heavy (non-hydrogen) atoms. The smallest absolute Gasteiger partial charge is 0.215 e. The Hall–Kier alpha value is -1.75. The van der Waals surface area contributed by atoms with Gasteiger partial charge in [0, 0.05) is 17.5 Å². The molecule has 5 heteroatoms. The van der Waals surface area contributed by atoms with E-state index >= 15 is 0 Å². The maximum atomic E-state index is 4.59. The lowest BCUT2D eigenvalue weighted by molar-refractivity contribution is 0.792. The summed E-state index contributed by atoms with van der Waals surface area (Å²) < 4.78 is 6.47. The SMILES string of the molecule is Cc1nc2ccccc2n1-c1nc(C(C)C)ns1. The van der Waals surface area contributed by atoms with Crippen molar-refractivity contribution in [3.05, 3.63) is 35.9 Å². The summed E-state index contributed by atoms with van der Waals surface area (Å²) in [4.78, 5) is 9.14. The molecule has 0 aliphatic carbocycles. The zero-order valence-corrected chi connectivity index (χ0v) is 11.4. The van der Waals surface area contributed by atoms with Gasteiger partial charge in [-0.1, -0.05) is 26.0 Å². The van der Waals surface area contributed by atoms with Gasteiger partial charge in [0.15, 0.2) is 0 Å². The summed E-state index contributed by atoms with van der Waals surface area (Å²) >= 11 is 1.43. The van der Waals surface area contributed by atoms with E-state index in [1.165, 1.54) is 11.5 Å². The number of aromatic nitrogens is 4. The summed E-state index contributed by atoms with van der Waals surface area (Å²) in [5, 5.41) is 0.893. The van der Waals surface area contributed by atoms with Crippen molar-refractivity contribution in [2.24, 2.45) is 0 Å². The van der Waals surface area contributed by atoms with E-state index in [9.17, 15) is 0 Å². The zero-order chi connectivity index (χ0) is 12.7. The standard InChI is InChI=1S/C13H14N4S/c1-8(2)12-15-13(18-16-12)17-9(3)14-10-6-4-5-7-11(10)17/h4-8H,1-3H3. The fourth-order valence-electron chi connectivity index (χ4n) is 1.94. The van der Waals surface area contributed by atoms with Gasteiger partial charge in [0.2, 0.25) is 5.13 Å². The van der Waals surface area contributed by atoms with Crippen LogP contribution in [-0.2, 0) is 0 Å². The highest BCUT2D eigenvalue weighted by Gasteiger charge is 2.14. The molecule has 0 aliphatic rings. The molecule has 0 bridgehead atoms. The highest BCUT2D eigenvalue weighted by atomic mass is 32.1. The minimum absolute atomic E-state index is 0.352. The van der Waals surface area contributed by atoms with Crippen molar-refractivity contribution in [1.82, 2.24) is 18.9 Å². The molecule has 0 saturated heterocycles. The lowest BCUT2D eigenvalue weighted by Crippen LogP contribution is -1.97. The van der Waals surface area contributed by atoms with Gasteiger partial charge in [-0.05, 0) is 19.1 Å². The molecule has 0 fully saturated rings. The molecule has 0 spiro atoms. The van der Waals surface area contributed by atoms with Crippen LogP contribution in [0.15, 0.2) is 24.3 Å². The van der Waals surface area contributed by atoms with Crippen molar-refractivity contribution < 1.29 is 0 Å². The van der Waals surface area contributed by atoms with Gasteiger partial charge in [-0.3, -0.25) is 4.57 Å². The molecule has 4 nitrogen and oxygen atoms in total. The van der Waals surface area contributed by atoms with Gasteiger partial charge < -0.3 is 0 Å². The summed E-state index contributed by atoms with van der Waals surface area (Å²) in [7, 11) is 0. The molecule has 3 aromatic rings. The number of fused-ring (bicyclic) bond motifs is 1. The molecule has 3 rings (SSSR count). The lowest BCUT2D eigenvalue weighted by atomic mass is 10.2. The Morgan fingerprint density at radius 3 is 2.67 bits per heavy atom. The van der Waals surface area contributed by atoms with E-state index in [0.29, 0.717) is 5.92 Å². The second-order valence-electron chi connectivity index (χ2n) is 4.57. The number of hydrogen-bond acceptors (Lipinski definition) is 4. The van der Waals surface area contributed by atoms with E-state index in [-0.39, 0.29) is 0 Å². The molecule has 0 aliphatic heterocycles. The molecule has 0 amide bonds. The topological polar surface area (TPSA) is 43.6 Å². The van der Waals surface area contributed by atoms with E-state index in [2.05, 4.69) is 38.8 Å². The first-order valence-corrected chi connectivity index (χ1v) is 6.72. The molecule has 0 N–H and O–H groups in total. The predicted octanol–water partition coefficient (Wildman–Crippen LogP) is 3.31. The summed E-state index contributed by atoms with van der Waals surface area (Å²) in [5.41, 5.74) is 2.08. The molecule has 0 saturated carbocycles. The number of para-hydroxylation sites is 2. The van der Waals surface area contributed by atoms with Crippen LogP contribution in [0.2, 0.25) is 0 Å². The molecule has 2 heterocycles. The second kappa shape index (κ2) is 4.17. The normalized spacial score (nSPS) is 11.6. The molecule has 92 valence electrons. The highest BCUT2D eigenvalue weighted by Crippen LogP contribution is 2.23. The van der Waals surface area contributed by atoms with Gasteiger partial charge in [-0.15, -0.1) is 0 Å². The summed E-state index contributed by atoms with van der Waals surface area (Å²) in [6.07, 6.45) is 0. The third-order valence-electron chi connectivity index (χ3n) is 2.87. The molecular weight excluding hydrogens is 244 g/mol. The number of imidazole rings is 1. The molecule has 0 unspecified atom stereocenters. The second-order valence-corrected chi connectivity index (χ2v) is 5.30. The average Bonchev–Trinajstić information content (AvgIpc) is 2.91. The van der Waals surface area contributed by atoms with Crippen molar-refractivity contribution >= 4 is 22.6 Å². The molecule has 2 aromatic heterocycles. The minimum Gasteiger partial charge on any atom is -0.271 e. The molecule has 0 radical (unpaired) electrons. The number of rotatable bonds is 2. The Bertz CT molecular complexity index is 696. The lowest BCUT2D eigenvalue weighted by Gasteiger charge is -2.00. The van der Waals surface area contributed by atoms with Gasteiger partial charge in [-0.25, -0.2) is 9.97 Å². The third kappa shape index (κ3) is 1.71. The summed E-state index contributed by atoms with van der Waals surface area (Å²) in [5.74, 6) is 2.19. The third-order valence-corrected chi connectivity index (χ3v) is 3.58. The van der Waals surface area contributed by atoms with Crippen molar-refractivity contribution in [1.29, 1.82) is 0 Å². The largest absolute Gasteiger partial charge is 0.271 e. The number of nitrogens with zero attached hydrogens (tertiary/aromatic N) is 4. The van der Waals surface area contributed by atoms with E-state index < -0.39 is 0 Å². The molecule has 1 aromatic carbocycles.